The van der Waals surface area contributed by atoms with Crippen molar-refractivity contribution >= 4 is 36.1 Å². The Kier molecular flexibility index (Phi) is 2.18. The number of nitrogens with zero attached hydrogens (tertiary/aromatic N) is 1. The normalized spacial score (nSPS) is 10.9. The van der Waals surface area contributed by atoms with Crippen LogP contribution in [0.5, 0.6) is 0 Å². The minimum Gasteiger partial charge on any atom is -0.227 e. The van der Waals surface area contributed by atoms with Crippen LogP contribution in [0.25, 0.3) is 4.85 Å². The second-order valence-corrected chi connectivity index (χ2v) is 5.13. The number of rotatable bonds is 1. The molecule has 1 aromatic heterocycles. The molecule has 0 unspecified atom stereocenters. The molecule has 0 atom stereocenters. The fourth-order valence-electron chi connectivity index (χ4n) is 0.495. The van der Waals surface area contributed by atoms with Gasteiger partial charge in [0, 0.05) is 10.7 Å². The van der Waals surface area contributed by atoms with Crippen LogP contribution in [-0.4, -0.2) is 8.42 Å². The summed E-state index contributed by atoms with van der Waals surface area (Å²) in [6.07, 6.45) is 0. The summed E-state index contributed by atoms with van der Waals surface area (Å²) in [6, 6.07) is 1.25. The van der Waals surface area contributed by atoms with Crippen LogP contribution in [0.3, 0.4) is 0 Å². The first-order chi connectivity index (χ1) is 5.04. The van der Waals surface area contributed by atoms with Crippen molar-refractivity contribution in [1.29, 1.82) is 0 Å². The van der Waals surface area contributed by atoms with Crippen LogP contribution in [0, 0.1) is 6.57 Å². The van der Waals surface area contributed by atoms with E-state index in [0.717, 1.165) is 11.3 Å². The van der Waals surface area contributed by atoms with Gasteiger partial charge in [0.25, 0.3) is 9.05 Å². The molecule has 1 rings (SSSR count). The highest BCUT2D eigenvalue weighted by atomic mass is 35.7. The van der Waals surface area contributed by atoms with E-state index in [9.17, 15) is 8.42 Å². The van der Waals surface area contributed by atoms with Crippen molar-refractivity contribution in [2.75, 3.05) is 0 Å². The highest BCUT2D eigenvalue weighted by Gasteiger charge is 2.11. The quantitative estimate of drug-likeness (QED) is 0.523. The third-order valence-electron chi connectivity index (χ3n) is 0.953. The van der Waals surface area contributed by atoms with Crippen molar-refractivity contribution in [3.63, 3.8) is 0 Å². The van der Waals surface area contributed by atoms with E-state index in [1.165, 1.54) is 11.4 Å². The third kappa shape index (κ3) is 1.93. The maximum atomic E-state index is 10.6. The van der Waals surface area contributed by atoms with Gasteiger partial charge in [0.1, 0.15) is 0 Å². The number of thiophene rings is 1. The van der Waals surface area contributed by atoms with E-state index in [2.05, 4.69) is 4.85 Å². The smallest absolute Gasteiger partial charge is 0.227 e. The Morgan fingerprint density at radius 3 is 2.55 bits per heavy atom. The van der Waals surface area contributed by atoms with Gasteiger partial charge in [0.15, 0.2) is 0 Å². The van der Waals surface area contributed by atoms with Crippen LogP contribution in [0.15, 0.2) is 16.3 Å². The maximum absolute atomic E-state index is 10.6. The Morgan fingerprint density at radius 1 is 1.64 bits per heavy atom. The first-order valence-electron chi connectivity index (χ1n) is 2.44. The van der Waals surface area contributed by atoms with Crippen LogP contribution < -0.4 is 0 Å². The summed E-state index contributed by atoms with van der Waals surface area (Å²) in [5.74, 6) is 0. The Bertz CT molecular complexity index is 400. The average Bonchev–Trinajstić information content (AvgIpc) is 2.32. The first-order valence-corrected chi connectivity index (χ1v) is 5.63. The minimum atomic E-state index is -3.65. The maximum Gasteiger partial charge on any atom is 0.260 e. The highest BCUT2D eigenvalue weighted by molar-refractivity contribution is 8.13. The molecule has 0 bridgehead atoms. The topological polar surface area (TPSA) is 38.5 Å². The highest BCUT2D eigenvalue weighted by Crippen LogP contribution is 2.28. The molecule has 0 saturated heterocycles. The van der Waals surface area contributed by atoms with Gasteiger partial charge in [-0.25, -0.2) is 13.3 Å². The van der Waals surface area contributed by atoms with Crippen LogP contribution in [0.1, 0.15) is 0 Å². The fourth-order valence-corrected chi connectivity index (χ4v) is 2.44. The molecule has 0 fully saturated rings. The van der Waals surface area contributed by atoms with Crippen molar-refractivity contribution < 1.29 is 8.42 Å². The Morgan fingerprint density at radius 2 is 2.27 bits per heavy atom. The monoisotopic (exact) mass is 207 g/mol. The lowest BCUT2D eigenvalue weighted by molar-refractivity contribution is 0.610. The summed E-state index contributed by atoms with van der Waals surface area (Å²) in [5, 5.41) is 1.67. The van der Waals surface area contributed by atoms with Crippen LogP contribution >= 0.6 is 22.0 Å². The number of halogens is 1. The summed E-state index contributed by atoms with van der Waals surface area (Å²) in [4.78, 5) is 3.05. The second-order valence-electron chi connectivity index (χ2n) is 1.67. The molecular formula is C5H2ClNO2S2. The number of hydrogen-bond donors (Lipinski definition) is 0. The molecule has 0 aliphatic rings. The summed E-state index contributed by atoms with van der Waals surface area (Å²) in [6.45, 7) is 6.56. The van der Waals surface area contributed by atoms with E-state index in [1.54, 1.807) is 0 Å². The summed E-state index contributed by atoms with van der Waals surface area (Å²) in [7, 11) is 1.35. The van der Waals surface area contributed by atoms with Crippen molar-refractivity contribution in [3.8, 4) is 0 Å². The molecule has 1 heterocycles. The predicted molar refractivity (Wildman–Crippen MR) is 43.6 cm³/mol. The van der Waals surface area contributed by atoms with E-state index in [0.29, 0.717) is 5.00 Å². The van der Waals surface area contributed by atoms with E-state index < -0.39 is 9.05 Å². The fraction of sp³-hybridized carbons (Fsp3) is 0. The van der Waals surface area contributed by atoms with Crippen LogP contribution in [-0.2, 0) is 9.05 Å². The van der Waals surface area contributed by atoms with Crippen molar-refractivity contribution in [2.45, 2.75) is 4.90 Å². The largest absolute Gasteiger partial charge is 0.260 e. The van der Waals surface area contributed by atoms with Gasteiger partial charge in [0.05, 0.1) is 11.5 Å². The van der Waals surface area contributed by atoms with Crippen LogP contribution in [0.4, 0.5) is 5.00 Å². The third-order valence-corrected chi connectivity index (χ3v) is 3.26. The molecule has 58 valence electrons. The molecule has 0 aliphatic heterocycles. The average molecular weight is 208 g/mol. The van der Waals surface area contributed by atoms with Gasteiger partial charge < -0.3 is 0 Å². The van der Waals surface area contributed by atoms with Gasteiger partial charge in [-0.15, -0.1) is 0 Å². The van der Waals surface area contributed by atoms with Gasteiger partial charge in [-0.2, -0.15) is 11.3 Å². The van der Waals surface area contributed by atoms with Gasteiger partial charge in [-0.3, -0.25) is 0 Å². The summed E-state index contributed by atoms with van der Waals surface area (Å²) >= 11 is 1.06. The van der Waals surface area contributed by atoms with E-state index in [1.807, 2.05) is 0 Å². The molecule has 0 aromatic carbocycles. The van der Waals surface area contributed by atoms with E-state index in [4.69, 9.17) is 17.3 Å². The molecule has 0 amide bonds. The molecule has 1 aromatic rings. The van der Waals surface area contributed by atoms with Crippen molar-refractivity contribution in [3.05, 3.63) is 22.9 Å². The van der Waals surface area contributed by atoms with Gasteiger partial charge in [0.2, 0.25) is 5.00 Å². The number of hydrogen-bond acceptors (Lipinski definition) is 3. The zero-order valence-electron chi connectivity index (χ0n) is 5.11. The Hall–Kier alpha value is -0.570. The van der Waals surface area contributed by atoms with Crippen molar-refractivity contribution in [1.82, 2.24) is 0 Å². The zero-order chi connectivity index (χ0) is 8.48. The zero-order valence-corrected chi connectivity index (χ0v) is 7.50. The summed E-state index contributed by atoms with van der Waals surface area (Å²) < 4.78 is 21.3. The van der Waals surface area contributed by atoms with Gasteiger partial charge >= 0.3 is 0 Å². The lowest BCUT2D eigenvalue weighted by Crippen LogP contribution is -1.84. The van der Waals surface area contributed by atoms with Crippen LogP contribution in [0.2, 0.25) is 0 Å². The van der Waals surface area contributed by atoms with Crippen molar-refractivity contribution in [2.24, 2.45) is 0 Å². The molecule has 0 N–H and O–H groups in total. The second kappa shape index (κ2) is 2.81. The molecule has 6 heteroatoms. The molecule has 11 heavy (non-hydrogen) atoms. The van der Waals surface area contributed by atoms with E-state index in [-0.39, 0.29) is 4.90 Å². The molecular weight excluding hydrogens is 206 g/mol. The molecule has 0 aliphatic carbocycles. The lowest BCUT2D eigenvalue weighted by atomic mass is 10.6. The van der Waals surface area contributed by atoms with Gasteiger partial charge in [-0.05, 0) is 11.4 Å². The van der Waals surface area contributed by atoms with E-state index >= 15 is 0 Å². The summed E-state index contributed by atoms with van der Waals surface area (Å²) in [5.41, 5.74) is 0. The molecule has 0 radical (unpaired) electrons. The SMILES string of the molecule is [C-]#[N+]c1cc(S(=O)(=O)Cl)cs1. The minimum absolute atomic E-state index is 0.00448. The van der Waals surface area contributed by atoms with Gasteiger partial charge in [-0.1, -0.05) is 0 Å². The Labute approximate surface area is 72.5 Å². The standard InChI is InChI=1S/C5H2ClNO2S2/c1-7-5-2-4(3-10-5)11(6,8)9/h2-3H. The molecule has 3 nitrogen and oxygen atoms in total. The Balaban J connectivity index is 3.22. The first kappa shape index (κ1) is 8.53. The predicted octanol–water partition coefficient (Wildman–Crippen LogP) is 2.23. The molecule has 0 spiro atoms. The lowest BCUT2D eigenvalue weighted by Gasteiger charge is -1.84. The molecule has 0 saturated carbocycles.